The van der Waals surface area contributed by atoms with Crippen molar-refractivity contribution in [2.75, 3.05) is 6.67 Å². The topological polar surface area (TPSA) is 52.1 Å². The van der Waals surface area contributed by atoms with Crippen molar-refractivity contribution in [2.45, 2.75) is 0 Å². The molecule has 1 aliphatic rings. The third-order valence-corrected chi connectivity index (χ3v) is 1.68. The normalized spacial score (nSPS) is 15.3. The van der Waals surface area contributed by atoms with Gasteiger partial charge in [-0.1, -0.05) is 12.1 Å². The molecule has 1 aliphatic heterocycles. The van der Waals surface area contributed by atoms with Gasteiger partial charge in [0, 0.05) is 12.1 Å². The first-order chi connectivity index (χ1) is 5.29. The minimum atomic E-state index is -0.112. The molecule has 0 N–H and O–H groups in total. The zero-order chi connectivity index (χ0) is 7.84. The molecule has 0 bridgehead atoms. The van der Waals surface area contributed by atoms with Crippen molar-refractivity contribution in [3.63, 3.8) is 0 Å². The van der Waals surface area contributed by atoms with Crippen LogP contribution in [-0.2, 0) is 0 Å². The summed E-state index contributed by atoms with van der Waals surface area (Å²) in [6.07, 6.45) is 0. The van der Waals surface area contributed by atoms with Gasteiger partial charge >= 0.3 is 6.67 Å². The summed E-state index contributed by atoms with van der Waals surface area (Å²) in [5.41, 5.74) is 0. The lowest BCUT2D eigenvalue weighted by Crippen LogP contribution is -2.31. The van der Waals surface area contributed by atoms with Gasteiger partial charge in [0.1, 0.15) is 0 Å². The molecule has 1 aromatic rings. The molecule has 4 heteroatoms. The summed E-state index contributed by atoms with van der Waals surface area (Å²) in [6, 6.07) is 6.76. The van der Waals surface area contributed by atoms with E-state index in [9.17, 15) is 10.4 Å². The van der Waals surface area contributed by atoms with Crippen molar-refractivity contribution < 1.29 is 0 Å². The van der Waals surface area contributed by atoms with Crippen molar-refractivity contribution in [2.24, 2.45) is 0 Å². The quantitative estimate of drug-likeness (QED) is 0.338. The Labute approximate surface area is 62.5 Å². The van der Waals surface area contributed by atoms with Crippen molar-refractivity contribution in [3.05, 3.63) is 45.4 Å². The summed E-state index contributed by atoms with van der Waals surface area (Å²) in [5, 5.41) is 22.8. The van der Waals surface area contributed by atoms with Crippen LogP contribution in [-0.4, -0.2) is 6.67 Å². The zero-order valence-corrected chi connectivity index (χ0v) is 5.73. The van der Waals surface area contributed by atoms with Crippen LogP contribution in [0, 0.1) is 10.4 Å². The molecule has 56 valence electrons. The minimum Gasteiger partial charge on any atom is -0.619 e. The molecule has 0 saturated carbocycles. The van der Waals surface area contributed by atoms with Crippen molar-refractivity contribution in [3.8, 4) is 0 Å². The predicted molar refractivity (Wildman–Crippen MR) is 39.8 cm³/mol. The number of rotatable bonds is 0. The second-order valence-corrected chi connectivity index (χ2v) is 2.39. The zero-order valence-electron chi connectivity index (χ0n) is 5.73. The summed E-state index contributed by atoms with van der Waals surface area (Å²) < 4.78 is 1.37. The SMILES string of the molecule is [O-][N+]1=c2ccccc2=[N+]([O-])C1. The van der Waals surface area contributed by atoms with E-state index in [-0.39, 0.29) is 6.67 Å². The van der Waals surface area contributed by atoms with Gasteiger partial charge in [-0.05, 0) is 0 Å². The molecule has 11 heavy (non-hydrogen) atoms. The summed E-state index contributed by atoms with van der Waals surface area (Å²) in [7, 11) is 0. The van der Waals surface area contributed by atoms with E-state index < -0.39 is 0 Å². The molecule has 0 saturated heterocycles. The Morgan fingerprint density at radius 2 is 1.45 bits per heavy atom. The maximum atomic E-state index is 11.0. The van der Waals surface area contributed by atoms with Gasteiger partial charge in [0.15, 0.2) is 0 Å². The van der Waals surface area contributed by atoms with Crippen LogP contribution in [0.1, 0.15) is 0 Å². The molecular formula is C7H6N2O2. The summed E-state index contributed by atoms with van der Waals surface area (Å²) in [6.45, 7) is -0.112. The van der Waals surface area contributed by atoms with Crippen LogP contribution in [0.4, 0.5) is 0 Å². The van der Waals surface area contributed by atoms with E-state index >= 15 is 0 Å². The van der Waals surface area contributed by atoms with E-state index in [1.165, 1.54) is 0 Å². The molecule has 4 nitrogen and oxygen atoms in total. The van der Waals surface area contributed by atoms with E-state index in [0.29, 0.717) is 20.2 Å². The molecule has 0 aliphatic carbocycles. The molecule has 0 aromatic heterocycles. The van der Waals surface area contributed by atoms with Gasteiger partial charge in [-0.15, -0.1) is 9.48 Å². The van der Waals surface area contributed by atoms with Gasteiger partial charge in [-0.25, -0.2) is 0 Å². The van der Waals surface area contributed by atoms with Crippen LogP contribution in [0.5, 0.6) is 0 Å². The third kappa shape index (κ3) is 0.756. The van der Waals surface area contributed by atoms with Crippen LogP contribution in [0.15, 0.2) is 24.3 Å². The lowest BCUT2D eigenvalue weighted by molar-refractivity contribution is 0.651. The molecule has 0 radical (unpaired) electrons. The fourth-order valence-corrected chi connectivity index (χ4v) is 1.15. The molecule has 0 fully saturated rings. The van der Waals surface area contributed by atoms with Crippen LogP contribution >= 0.6 is 0 Å². The number of benzene rings is 1. The van der Waals surface area contributed by atoms with E-state index in [4.69, 9.17) is 0 Å². The molecular weight excluding hydrogens is 144 g/mol. The number of hydroxylamine groups is 2. The molecule has 1 aromatic carbocycles. The lowest BCUT2D eigenvalue weighted by atomic mass is 10.3. The van der Waals surface area contributed by atoms with Gasteiger partial charge in [-0.2, -0.15) is 0 Å². The van der Waals surface area contributed by atoms with Crippen LogP contribution in [0.3, 0.4) is 0 Å². The van der Waals surface area contributed by atoms with E-state index in [1.54, 1.807) is 24.3 Å². The third-order valence-electron chi connectivity index (χ3n) is 1.68. The molecule has 0 amide bonds. The average molecular weight is 150 g/mol. The molecule has 2 rings (SSSR count). The molecule has 0 unspecified atom stereocenters. The van der Waals surface area contributed by atoms with Gasteiger partial charge in [0.2, 0.25) is 0 Å². The maximum absolute atomic E-state index is 11.0. The summed E-state index contributed by atoms with van der Waals surface area (Å²) in [4.78, 5) is 0. The van der Waals surface area contributed by atoms with Gasteiger partial charge < -0.3 is 10.4 Å². The monoisotopic (exact) mass is 150 g/mol. The Balaban J connectivity index is 2.98. The van der Waals surface area contributed by atoms with E-state index in [2.05, 4.69) is 0 Å². The first-order valence-corrected chi connectivity index (χ1v) is 3.27. The second-order valence-electron chi connectivity index (χ2n) is 2.39. The van der Waals surface area contributed by atoms with Gasteiger partial charge in [-0.3, -0.25) is 0 Å². The predicted octanol–water partition coefficient (Wildman–Crippen LogP) is -1.36. The fraction of sp³-hybridized carbons (Fsp3) is 0.143. The standard InChI is InChI=1S/C7H6N2O2/c10-8-5-9(11)7-4-2-1-3-6(7)8/h1-4H,5H2. The Morgan fingerprint density at radius 1 is 1.00 bits per heavy atom. The molecule has 0 spiro atoms. The van der Waals surface area contributed by atoms with Crippen LogP contribution in [0.25, 0.3) is 0 Å². The van der Waals surface area contributed by atoms with Crippen molar-refractivity contribution in [1.29, 1.82) is 0 Å². The second kappa shape index (κ2) is 1.95. The van der Waals surface area contributed by atoms with E-state index in [1.807, 2.05) is 0 Å². The average Bonchev–Trinajstić information content (AvgIpc) is 2.30. The fourth-order valence-electron chi connectivity index (χ4n) is 1.15. The highest BCUT2D eigenvalue weighted by Gasteiger charge is 2.15. The highest BCUT2D eigenvalue weighted by atomic mass is 16.5. The number of nitrogens with zero attached hydrogens (tertiary/aromatic N) is 2. The Bertz CT molecular complexity index is 372. The Kier molecular flexibility index (Phi) is 1.09. The van der Waals surface area contributed by atoms with Crippen LogP contribution < -0.4 is 20.2 Å². The van der Waals surface area contributed by atoms with Gasteiger partial charge in [0.25, 0.3) is 10.7 Å². The highest BCUT2D eigenvalue weighted by molar-refractivity contribution is 5.04. The highest BCUT2D eigenvalue weighted by Crippen LogP contribution is 1.75. The number of hydrogen-bond acceptors (Lipinski definition) is 2. The Morgan fingerprint density at radius 3 is 1.91 bits per heavy atom. The van der Waals surface area contributed by atoms with Crippen LogP contribution in [0.2, 0.25) is 0 Å². The molecule has 0 atom stereocenters. The van der Waals surface area contributed by atoms with Crippen molar-refractivity contribution >= 4 is 0 Å². The molecule has 1 heterocycles. The first kappa shape index (κ1) is 6.15. The number of fused-ring (bicyclic) bond motifs is 1. The number of para-hydroxylation sites is 2. The summed E-state index contributed by atoms with van der Waals surface area (Å²) in [5.74, 6) is 0. The smallest absolute Gasteiger partial charge is 0.355 e. The largest absolute Gasteiger partial charge is 0.619 e. The maximum Gasteiger partial charge on any atom is 0.355 e. The first-order valence-electron chi connectivity index (χ1n) is 3.27. The minimum absolute atomic E-state index is 0.112. The van der Waals surface area contributed by atoms with Crippen molar-refractivity contribution in [1.82, 2.24) is 9.48 Å². The van der Waals surface area contributed by atoms with Gasteiger partial charge in [0.05, 0.1) is 0 Å². The summed E-state index contributed by atoms with van der Waals surface area (Å²) >= 11 is 0. The Hall–Kier alpha value is -1.58. The lowest BCUT2D eigenvalue weighted by Gasteiger charge is -1.95. The van der Waals surface area contributed by atoms with E-state index in [0.717, 1.165) is 0 Å². The number of hydrogen-bond donors (Lipinski definition) is 0.